The largest absolute Gasteiger partial charge is 0.507 e. The third kappa shape index (κ3) is 20.5. The molecule has 4 aromatic carbocycles. The second-order valence-corrected chi connectivity index (χ2v) is 32.3. The highest BCUT2D eigenvalue weighted by atomic mass is 16.7. The topological polar surface area (TPSA) is 178 Å². The normalized spacial score (nSPS) is 13.3. The van der Waals surface area contributed by atoms with Crippen LogP contribution in [0.3, 0.4) is 0 Å². The highest BCUT2D eigenvalue weighted by Crippen LogP contribution is 2.44. The number of benzene rings is 4. The van der Waals surface area contributed by atoms with Crippen LogP contribution in [0.25, 0.3) is 0 Å². The molecule has 0 spiro atoms. The van der Waals surface area contributed by atoms with Crippen LogP contribution >= 0.6 is 0 Å². The summed E-state index contributed by atoms with van der Waals surface area (Å²) in [4.78, 5) is 42.2. The Morgan fingerprint density at radius 2 is 0.506 bits per heavy atom. The average molecular weight is 1180 g/mol. The average Bonchev–Trinajstić information content (AvgIpc) is 1.72. The molecule has 0 saturated carbocycles. The van der Waals surface area contributed by atoms with Gasteiger partial charge < -0.3 is 44.1 Å². The second-order valence-electron chi connectivity index (χ2n) is 32.3. The molecule has 0 radical (unpaired) electrons. The van der Waals surface area contributed by atoms with Crippen LogP contribution < -0.4 is 0 Å². The Morgan fingerprint density at radius 1 is 0.306 bits per heavy atom. The third-order valence-corrected chi connectivity index (χ3v) is 15.7. The van der Waals surface area contributed by atoms with E-state index in [1.54, 1.807) is 0 Å². The lowest BCUT2D eigenvalue weighted by atomic mass is 9.78. The maximum atomic E-state index is 14.1. The van der Waals surface area contributed by atoms with Crippen LogP contribution in [0.4, 0.5) is 0 Å². The standard InChI is InChI=1S/C73H110O12/c1-65(2,3)50-33-46(34-51(61(50)77)66(4,5)6)25-28-58(74)83-42-73(41-82-45-81-32-31-49-39-56(71(19,20)21)64(80)57(40-49)72(22,23)24,43-84-59(75)29-26-47-35-52(67(7,8)9)62(78)53(36-47)68(10,11)12)44-85-60(76)30-27-48-37-54(69(13,14)15)63(79)55(38-48)70(16,17)18/h33-40,77-80H,25-32,41-45H2,1-24H3. The minimum Gasteiger partial charge on any atom is -0.507 e. The number of phenolic OH excluding ortho intramolecular Hbond substituents is 4. The van der Waals surface area contributed by atoms with E-state index in [1.165, 1.54) is 0 Å². The summed E-state index contributed by atoms with van der Waals surface area (Å²) in [7, 11) is 0. The molecule has 4 aromatic rings. The maximum absolute atomic E-state index is 14.1. The number of esters is 3. The van der Waals surface area contributed by atoms with Crippen molar-refractivity contribution >= 4 is 17.9 Å². The molecule has 4 N–H and O–H groups in total. The van der Waals surface area contributed by atoms with Crippen molar-refractivity contribution < 1.29 is 58.5 Å². The molecule has 12 heteroatoms. The molecule has 0 amide bonds. The summed E-state index contributed by atoms with van der Waals surface area (Å²) >= 11 is 0. The van der Waals surface area contributed by atoms with Crippen LogP contribution in [0.1, 0.15) is 252 Å². The zero-order chi connectivity index (χ0) is 64.9. The van der Waals surface area contributed by atoms with Crippen molar-refractivity contribution in [3.8, 4) is 23.0 Å². The van der Waals surface area contributed by atoms with Crippen molar-refractivity contribution in [1.29, 1.82) is 0 Å². The van der Waals surface area contributed by atoms with E-state index in [1.807, 2.05) is 173 Å². The van der Waals surface area contributed by atoms with Gasteiger partial charge in [-0.15, -0.1) is 0 Å². The van der Waals surface area contributed by atoms with Crippen LogP contribution in [0.15, 0.2) is 48.5 Å². The Labute approximate surface area is 512 Å². The van der Waals surface area contributed by atoms with E-state index in [2.05, 4.69) is 41.5 Å². The van der Waals surface area contributed by atoms with Gasteiger partial charge in [-0.2, -0.15) is 0 Å². The summed E-state index contributed by atoms with van der Waals surface area (Å²) in [6.45, 7) is 48.0. The van der Waals surface area contributed by atoms with Crippen molar-refractivity contribution in [2.24, 2.45) is 5.41 Å². The molecule has 0 fully saturated rings. The first-order valence-corrected chi connectivity index (χ1v) is 30.6. The lowest BCUT2D eigenvalue weighted by Gasteiger charge is -2.32. The Kier molecular flexibility index (Phi) is 23.0. The predicted molar refractivity (Wildman–Crippen MR) is 343 cm³/mol. The van der Waals surface area contributed by atoms with Gasteiger partial charge in [0, 0.05) is 19.3 Å². The quantitative estimate of drug-likeness (QED) is 0.0254. The number of aryl methyl sites for hydroxylation is 3. The van der Waals surface area contributed by atoms with Crippen molar-refractivity contribution in [3.05, 3.63) is 115 Å². The van der Waals surface area contributed by atoms with Crippen LogP contribution in [0.2, 0.25) is 0 Å². The van der Waals surface area contributed by atoms with Crippen LogP contribution in [-0.4, -0.2) is 78.2 Å². The van der Waals surface area contributed by atoms with Gasteiger partial charge in [0.1, 0.15) is 49.6 Å². The molecule has 12 nitrogen and oxygen atoms in total. The number of hydrogen-bond donors (Lipinski definition) is 4. The molecule has 0 atom stereocenters. The first kappa shape index (κ1) is 71.9. The van der Waals surface area contributed by atoms with Gasteiger partial charge in [0.2, 0.25) is 0 Å². The molecule has 0 saturated heterocycles. The first-order chi connectivity index (χ1) is 38.5. The number of ether oxygens (including phenoxy) is 5. The van der Waals surface area contributed by atoms with Gasteiger partial charge in [-0.3, -0.25) is 14.4 Å². The van der Waals surface area contributed by atoms with Crippen molar-refractivity contribution in [1.82, 2.24) is 0 Å². The number of phenols is 4. The number of carbonyl (C=O) groups is 3. The molecule has 0 bridgehead atoms. The predicted octanol–water partition coefficient (Wildman–Crippen LogP) is 15.9. The van der Waals surface area contributed by atoms with Crippen molar-refractivity contribution in [2.75, 3.05) is 39.8 Å². The third-order valence-electron chi connectivity index (χ3n) is 15.7. The van der Waals surface area contributed by atoms with E-state index >= 15 is 0 Å². The van der Waals surface area contributed by atoms with Gasteiger partial charge in [-0.25, -0.2) is 0 Å². The zero-order valence-corrected chi connectivity index (χ0v) is 56.9. The van der Waals surface area contributed by atoms with Crippen LogP contribution in [0, 0.1) is 5.41 Å². The van der Waals surface area contributed by atoms with E-state index in [4.69, 9.17) is 23.7 Å². The molecule has 0 aliphatic heterocycles. The molecule has 0 aliphatic carbocycles. The molecular formula is C73H110O12. The number of aromatic hydroxyl groups is 4. The Morgan fingerprint density at radius 3 is 0.706 bits per heavy atom. The van der Waals surface area contributed by atoms with Gasteiger partial charge >= 0.3 is 17.9 Å². The van der Waals surface area contributed by atoms with Gasteiger partial charge in [-0.05, 0) is 136 Å². The smallest absolute Gasteiger partial charge is 0.306 e. The van der Waals surface area contributed by atoms with Crippen LogP contribution in [0.5, 0.6) is 23.0 Å². The van der Waals surface area contributed by atoms with Gasteiger partial charge in [-0.1, -0.05) is 215 Å². The second kappa shape index (κ2) is 27.2. The fraction of sp³-hybridized carbons (Fsp3) is 0.630. The SMILES string of the molecule is CC(C)(C)c1cc(CCOCOCC(COC(=O)CCc2cc(C(C)(C)C)c(O)c(C(C)(C)C)c2)(COC(=O)CCc2cc(C(C)(C)C)c(O)c(C(C)(C)C)c2)COC(=O)CCc2cc(C(C)(C)C)c(O)c(C(C)(C)C)c2)cc(C(C)(C)C)c1O. The summed E-state index contributed by atoms with van der Waals surface area (Å²) < 4.78 is 30.8. The molecule has 4 rings (SSSR count). The Bertz CT molecular complexity index is 2570. The minimum absolute atomic E-state index is 0.0117. The fourth-order valence-electron chi connectivity index (χ4n) is 10.4. The van der Waals surface area contributed by atoms with Crippen molar-refractivity contribution in [2.45, 2.75) is 254 Å². The van der Waals surface area contributed by atoms with E-state index in [9.17, 15) is 34.8 Å². The molecule has 85 heavy (non-hydrogen) atoms. The Hall–Kier alpha value is -5.59. The summed E-state index contributed by atoms with van der Waals surface area (Å²) in [6.07, 6.45) is 1.44. The minimum atomic E-state index is -1.41. The maximum Gasteiger partial charge on any atom is 0.306 e. The van der Waals surface area contributed by atoms with E-state index < -0.39 is 23.3 Å². The van der Waals surface area contributed by atoms with Gasteiger partial charge in [0.15, 0.2) is 0 Å². The summed E-state index contributed by atoms with van der Waals surface area (Å²) in [5.74, 6) is -0.575. The fourth-order valence-corrected chi connectivity index (χ4v) is 10.4. The van der Waals surface area contributed by atoms with Gasteiger partial charge in [0.25, 0.3) is 0 Å². The van der Waals surface area contributed by atoms with Gasteiger partial charge in [0.05, 0.1) is 18.6 Å². The first-order valence-electron chi connectivity index (χ1n) is 30.6. The van der Waals surface area contributed by atoms with E-state index in [0.717, 1.165) is 66.8 Å². The highest BCUT2D eigenvalue weighted by Gasteiger charge is 2.38. The van der Waals surface area contributed by atoms with Crippen molar-refractivity contribution in [3.63, 3.8) is 0 Å². The molecule has 0 aromatic heterocycles. The molecule has 0 aliphatic rings. The summed E-state index contributed by atoms with van der Waals surface area (Å²) in [5, 5.41) is 45.6. The van der Waals surface area contributed by atoms with Crippen LogP contribution in [-0.2, 0) is 107 Å². The molecule has 0 heterocycles. The highest BCUT2D eigenvalue weighted by molar-refractivity contribution is 5.71. The number of rotatable bonds is 22. The molecule has 474 valence electrons. The zero-order valence-electron chi connectivity index (χ0n) is 56.9. The summed E-state index contributed by atoms with van der Waals surface area (Å²) in [6, 6.07) is 15.7. The molecule has 0 unspecified atom stereocenters. The molecular weight excluding hydrogens is 1070 g/mol. The Balaban J connectivity index is 1.71. The van der Waals surface area contributed by atoms with E-state index in [0.29, 0.717) is 31.4 Å². The lowest BCUT2D eigenvalue weighted by molar-refractivity contribution is -0.172. The lowest BCUT2D eigenvalue weighted by Crippen LogP contribution is -2.43. The van der Waals surface area contributed by atoms with E-state index in [-0.39, 0.29) is 120 Å². The number of hydrogen-bond acceptors (Lipinski definition) is 12. The summed E-state index contributed by atoms with van der Waals surface area (Å²) in [5.41, 5.74) is 5.69. The monoisotopic (exact) mass is 1180 g/mol. The number of carbonyl (C=O) groups excluding carboxylic acids is 3.